The second kappa shape index (κ2) is 4.61. The van der Waals surface area contributed by atoms with Crippen LogP contribution in [0.25, 0.3) is 0 Å². The third-order valence-electron chi connectivity index (χ3n) is 2.57. The summed E-state index contributed by atoms with van der Waals surface area (Å²) in [5.74, 6) is 1.25. The fourth-order valence-electron chi connectivity index (χ4n) is 1.65. The molecule has 1 rings (SSSR count). The molecule has 13 heavy (non-hydrogen) atoms. The number of rotatable bonds is 4. The monoisotopic (exact) mass is 204 g/mol. The zero-order valence-electron chi connectivity index (χ0n) is 8.95. The lowest BCUT2D eigenvalue weighted by atomic mass is 10.2. The molecule has 0 N–H and O–H groups in total. The van der Waals surface area contributed by atoms with Crippen molar-refractivity contribution >= 4 is 7.37 Å². The highest BCUT2D eigenvalue weighted by atomic mass is 31.2. The molecule has 1 aliphatic rings. The minimum atomic E-state index is -2.18. The van der Waals surface area contributed by atoms with Gasteiger partial charge in [0.15, 0.2) is 0 Å². The third kappa shape index (κ3) is 3.83. The minimum absolute atomic E-state index is 0.602. The molecule has 1 aliphatic heterocycles. The van der Waals surface area contributed by atoms with E-state index in [-0.39, 0.29) is 0 Å². The van der Waals surface area contributed by atoms with E-state index in [2.05, 4.69) is 20.8 Å². The van der Waals surface area contributed by atoms with Crippen molar-refractivity contribution in [3.05, 3.63) is 0 Å². The molecule has 0 radical (unpaired) electrons. The highest BCUT2D eigenvalue weighted by Crippen LogP contribution is 2.55. The van der Waals surface area contributed by atoms with Crippen LogP contribution in [0.4, 0.5) is 0 Å². The Kier molecular flexibility index (Phi) is 4.00. The van der Waals surface area contributed by atoms with Gasteiger partial charge in [0.25, 0.3) is 0 Å². The largest absolute Gasteiger partial charge is 0.328 e. The lowest BCUT2D eigenvalue weighted by molar-refractivity contribution is 0.290. The van der Waals surface area contributed by atoms with E-state index in [1.54, 1.807) is 0 Å². The van der Waals surface area contributed by atoms with Crippen LogP contribution in [-0.2, 0) is 9.09 Å². The first-order valence-corrected chi connectivity index (χ1v) is 7.24. The predicted octanol–water partition coefficient (Wildman–Crippen LogP) is 3.37. The van der Waals surface area contributed by atoms with Crippen LogP contribution >= 0.6 is 7.37 Å². The van der Waals surface area contributed by atoms with Crippen molar-refractivity contribution in [2.24, 2.45) is 11.8 Å². The van der Waals surface area contributed by atoms with Gasteiger partial charge in [-0.05, 0) is 24.7 Å². The molecule has 0 aliphatic carbocycles. The maximum atomic E-state index is 12.0. The molecule has 78 valence electrons. The first-order valence-electron chi connectivity index (χ1n) is 5.24. The highest BCUT2D eigenvalue weighted by molar-refractivity contribution is 7.59. The molecule has 0 aromatic rings. The fourth-order valence-corrected chi connectivity index (χ4v) is 4.47. The molecular weight excluding hydrogens is 183 g/mol. The average molecular weight is 204 g/mol. The Morgan fingerprint density at radius 2 is 2.23 bits per heavy atom. The van der Waals surface area contributed by atoms with Gasteiger partial charge in [0.1, 0.15) is 0 Å². The Bertz CT molecular complexity index is 201. The van der Waals surface area contributed by atoms with Gasteiger partial charge in [0.2, 0.25) is 7.37 Å². The van der Waals surface area contributed by atoms with Crippen LogP contribution in [0.5, 0.6) is 0 Å². The smallest absolute Gasteiger partial charge is 0.203 e. The normalized spacial score (nSPS) is 34.3. The van der Waals surface area contributed by atoms with Crippen molar-refractivity contribution in [1.29, 1.82) is 0 Å². The van der Waals surface area contributed by atoms with E-state index in [0.717, 1.165) is 25.2 Å². The molecule has 2 nitrogen and oxygen atoms in total. The molecule has 3 heteroatoms. The summed E-state index contributed by atoms with van der Waals surface area (Å²) in [4.78, 5) is 0. The standard InChI is InChI=1S/C10H21O2P/c1-9(2)4-6-12-13(11)7-5-10(3)8-13/h9-10H,4-8H2,1-3H3. The van der Waals surface area contributed by atoms with E-state index >= 15 is 0 Å². The lowest BCUT2D eigenvalue weighted by Crippen LogP contribution is -1.99. The second-order valence-electron chi connectivity index (χ2n) is 4.63. The Hall–Kier alpha value is 0.190. The maximum absolute atomic E-state index is 12.0. The van der Waals surface area contributed by atoms with Gasteiger partial charge in [0.05, 0.1) is 6.61 Å². The minimum Gasteiger partial charge on any atom is -0.328 e. The molecule has 1 fully saturated rings. The van der Waals surface area contributed by atoms with Gasteiger partial charge < -0.3 is 4.52 Å². The summed E-state index contributed by atoms with van der Waals surface area (Å²) in [6.45, 7) is 7.17. The maximum Gasteiger partial charge on any atom is 0.203 e. The predicted molar refractivity (Wildman–Crippen MR) is 56.5 cm³/mol. The zero-order chi connectivity index (χ0) is 9.90. The molecule has 0 aromatic heterocycles. The summed E-state index contributed by atoms with van der Waals surface area (Å²) in [6.07, 6.45) is 3.73. The fraction of sp³-hybridized carbons (Fsp3) is 1.00. The Labute approximate surface area is 81.5 Å². The van der Waals surface area contributed by atoms with E-state index in [9.17, 15) is 4.57 Å². The summed E-state index contributed by atoms with van der Waals surface area (Å²) in [5, 5.41) is 0. The SMILES string of the molecule is CC(C)CCOP1(=O)CCC(C)C1. The van der Waals surface area contributed by atoms with Gasteiger partial charge in [-0.1, -0.05) is 20.8 Å². The Balaban J connectivity index is 2.24. The molecule has 0 amide bonds. The molecule has 1 heterocycles. The van der Waals surface area contributed by atoms with Gasteiger partial charge in [-0.3, -0.25) is 4.57 Å². The summed E-state index contributed by atoms with van der Waals surface area (Å²) < 4.78 is 17.5. The highest BCUT2D eigenvalue weighted by Gasteiger charge is 2.32. The van der Waals surface area contributed by atoms with E-state index in [0.29, 0.717) is 18.4 Å². The van der Waals surface area contributed by atoms with Crippen molar-refractivity contribution in [2.75, 3.05) is 18.9 Å². The molecule has 0 spiro atoms. The van der Waals surface area contributed by atoms with Gasteiger partial charge in [0, 0.05) is 12.3 Å². The summed E-state index contributed by atoms with van der Waals surface area (Å²) in [6, 6.07) is 0. The van der Waals surface area contributed by atoms with Gasteiger partial charge in [-0.15, -0.1) is 0 Å². The van der Waals surface area contributed by atoms with Crippen LogP contribution < -0.4 is 0 Å². The summed E-state index contributed by atoms with van der Waals surface area (Å²) in [5.41, 5.74) is 0. The Morgan fingerprint density at radius 3 is 2.69 bits per heavy atom. The van der Waals surface area contributed by atoms with Crippen LogP contribution in [0.3, 0.4) is 0 Å². The molecule has 0 aromatic carbocycles. The van der Waals surface area contributed by atoms with Crippen LogP contribution in [0.2, 0.25) is 0 Å². The average Bonchev–Trinajstić information content (AvgIpc) is 2.30. The molecule has 1 saturated heterocycles. The van der Waals surface area contributed by atoms with Crippen LogP contribution in [0, 0.1) is 11.8 Å². The van der Waals surface area contributed by atoms with E-state index in [1.165, 1.54) is 0 Å². The van der Waals surface area contributed by atoms with Crippen LogP contribution in [0.1, 0.15) is 33.6 Å². The Morgan fingerprint density at radius 1 is 1.54 bits per heavy atom. The van der Waals surface area contributed by atoms with Crippen LogP contribution in [-0.4, -0.2) is 18.9 Å². The van der Waals surface area contributed by atoms with Crippen molar-refractivity contribution in [3.8, 4) is 0 Å². The topological polar surface area (TPSA) is 26.3 Å². The number of hydrogen-bond acceptors (Lipinski definition) is 2. The second-order valence-corrected chi connectivity index (χ2v) is 7.33. The van der Waals surface area contributed by atoms with Crippen molar-refractivity contribution < 1.29 is 9.09 Å². The molecule has 0 saturated carbocycles. The first-order chi connectivity index (χ1) is 6.02. The zero-order valence-corrected chi connectivity index (χ0v) is 9.85. The van der Waals surface area contributed by atoms with E-state index < -0.39 is 7.37 Å². The quantitative estimate of drug-likeness (QED) is 0.656. The van der Waals surface area contributed by atoms with Crippen LogP contribution in [0.15, 0.2) is 0 Å². The van der Waals surface area contributed by atoms with Gasteiger partial charge >= 0.3 is 0 Å². The summed E-state index contributed by atoms with van der Waals surface area (Å²) in [7, 11) is -2.18. The molecule has 0 bridgehead atoms. The molecular formula is C10H21O2P. The van der Waals surface area contributed by atoms with Crippen molar-refractivity contribution in [2.45, 2.75) is 33.6 Å². The molecule has 2 unspecified atom stereocenters. The molecule has 2 atom stereocenters. The van der Waals surface area contributed by atoms with Gasteiger partial charge in [-0.25, -0.2) is 0 Å². The van der Waals surface area contributed by atoms with Gasteiger partial charge in [-0.2, -0.15) is 0 Å². The number of hydrogen-bond donors (Lipinski definition) is 0. The van der Waals surface area contributed by atoms with Crippen molar-refractivity contribution in [1.82, 2.24) is 0 Å². The lowest BCUT2D eigenvalue weighted by Gasteiger charge is -2.13. The third-order valence-corrected chi connectivity index (χ3v) is 5.35. The van der Waals surface area contributed by atoms with E-state index in [1.807, 2.05) is 0 Å². The summed E-state index contributed by atoms with van der Waals surface area (Å²) >= 11 is 0. The van der Waals surface area contributed by atoms with E-state index in [4.69, 9.17) is 4.52 Å². The van der Waals surface area contributed by atoms with Crippen molar-refractivity contribution in [3.63, 3.8) is 0 Å². The first kappa shape index (κ1) is 11.3.